The first kappa shape index (κ1) is 28.0. The summed E-state index contributed by atoms with van der Waals surface area (Å²) in [5.74, 6) is -0.169. The zero-order valence-electron chi connectivity index (χ0n) is 21.4. The van der Waals surface area contributed by atoms with Crippen LogP contribution in [-0.4, -0.2) is 44.5 Å². The Labute approximate surface area is 219 Å². The normalized spacial score (nSPS) is 11.7. The third kappa shape index (κ3) is 7.95. The van der Waals surface area contributed by atoms with Crippen LogP contribution in [0, 0.1) is 10.1 Å². The van der Waals surface area contributed by atoms with Crippen molar-refractivity contribution in [2.75, 3.05) is 27.4 Å². The second kappa shape index (κ2) is 13.6. The molecule has 10 heteroatoms. The third-order valence-electron chi connectivity index (χ3n) is 5.71. The second-order valence-corrected chi connectivity index (χ2v) is 8.29. The van der Waals surface area contributed by atoms with Gasteiger partial charge in [0.05, 0.1) is 33.4 Å². The molecule has 0 aliphatic heterocycles. The van der Waals surface area contributed by atoms with Gasteiger partial charge in [-0.1, -0.05) is 30.3 Å². The van der Waals surface area contributed by atoms with Gasteiger partial charge in [-0.3, -0.25) is 4.79 Å². The molecule has 0 N–H and O–H groups in total. The number of esters is 2. The molecule has 0 saturated carbocycles. The van der Waals surface area contributed by atoms with Crippen molar-refractivity contribution in [1.29, 1.82) is 0 Å². The first-order valence-electron chi connectivity index (χ1n) is 11.9. The number of hydrogen-bond acceptors (Lipinski definition) is 9. The van der Waals surface area contributed by atoms with Crippen molar-refractivity contribution < 1.29 is 38.5 Å². The predicted molar refractivity (Wildman–Crippen MR) is 140 cm³/mol. The lowest BCUT2D eigenvalue weighted by Crippen LogP contribution is -2.16. The van der Waals surface area contributed by atoms with Gasteiger partial charge in [0, 0.05) is 6.08 Å². The van der Waals surface area contributed by atoms with E-state index in [1.165, 1.54) is 13.2 Å². The number of carbonyl (C=O) groups is 2. The summed E-state index contributed by atoms with van der Waals surface area (Å²) in [7, 11) is 3.07. The molecule has 10 nitrogen and oxygen atoms in total. The zero-order valence-corrected chi connectivity index (χ0v) is 21.4. The Morgan fingerprint density at radius 3 is 2.39 bits per heavy atom. The maximum atomic E-state index is 12.9. The molecule has 1 unspecified atom stereocenters. The van der Waals surface area contributed by atoms with E-state index in [9.17, 15) is 19.7 Å². The van der Waals surface area contributed by atoms with E-state index in [1.54, 1.807) is 38.3 Å². The van der Waals surface area contributed by atoms with E-state index in [0.717, 1.165) is 22.1 Å². The van der Waals surface area contributed by atoms with Crippen molar-refractivity contribution in [3.05, 3.63) is 81.9 Å². The van der Waals surface area contributed by atoms with Crippen LogP contribution in [0.25, 0.3) is 16.8 Å². The lowest BCUT2D eigenvalue weighted by molar-refractivity contribution is -0.757. The molecule has 0 spiro atoms. The largest absolute Gasteiger partial charge is 0.497 e. The number of carbonyl (C=O) groups excluding carboxylic acids is 2. The molecule has 0 aliphatic rings. The average Bonchev–Trinajstić information content (AvgIpc) is 2.92. The summed E-state index contributed by atoms with van der Waals surface area (Å²) in [6, 6.07) is 16.4. The molecule has 200 valence electrons. The summed E-state index contributed by atoms with van der Waals surface area (Å²) in [6.45, 7) is 1.84. The SMILES string of the molecule is COc1ccc2cc(C(C)C(=O)Oc3ccc(C=CC(=O)OCCCCO[N+](=O)[O-])cc3OC)ccc2c1. The van der Waals surface area contributed by atoms with Gasteiger partial charge < -0.3 is 23.8 Å². The fraction of sp³-hybridized carbons (Fsp3) is 0.286. The van der Waals surface area contributed by atoms with Crippen molar-refractivity contribution in [2.45, 2.75) is 25.7 Å². The van der Waals surface area contributed by atoms with Gasteiger partial charge in [0.1, 0.15) is 5.75 Å². The van der Waals surface area contributed by atoms with Crippen LogP contribution < -0.4 is 14.2 Å². The summed E-state index contributed by atoms with van der Waals surface area (Å²) in [5, 5.41) is 11.2. The van der Waals surface area contributed by atoms with Crippen LogP contribution in [-0.2, 0) is 19.2 Å². The summed E-state index contributed by atoms with van der Waals surface area (Å²) in [6.07, 6.45) is 3.63. The number of fused-ring (bicyclic) bond motifs is 1. The Balaban J connectivity index is 1.58. The monoisotopic (exact) mass is 523 g/mol. The first-order chi connectivity index (χ1) is 18.3. The topological polar surface area (TPSA) is 123 Å². The molecule has 0 radical (unpaired) electrons. The summed E-state index contributed by atoms with van der Waals surface area (Å²) >= 11 is 0. The van der Waals surface area contributed by atoms with E-state index in [4.69, 9.17) is 18.9 Å². The Hall–Kier alpha value is -4.60. The number of methoxy groups -OCH3 is 2. The average molecular weight is 524 g/mol. The van der Waals surface area contributed by atoms with Crippen molar-refractivity contribution in [2.24, 2.45) is 0 Å². The Bertz CT molecular complexity index is 1320. The Morgan fingerprint density at radius 2 is 1.66 bits per heavy atom. The lowest BCUT2D eigenvalue weighted by Gasteiger charge is -2.15. The highest BCUT2D eigenvalue weighted by Crippen LogP contribution is 2.31. The molecule has 0 amide bonds. The van der Waals surface area contributed by atoms with Crippen LogP contribution in [0.15, 0.2) is 60.7 Å². The molecule has 3 aromatic carbocycles. The van der Waals surface area contributed by atoms with Gasteiger partial charge >= 0.3 is 11.9 Å². The predicted octanol–water partition coefficient (Wildman–Crippen LogP) is 5.11. The van der Waals surface area contributed by atoms with E-state index in [2.05, 4.69) is 4.84 Å². The van der Waals surface area contributed by atoms with E-state index < -0.39 is 22.9 Å². The molecule has 0 fully saturated rings. The number of hydrogen-bond donors (Lipinski definition) is 0. The van der Waals surface area contributed by atoms with Gasteiger partial charge in [0.25, 0.3) is 5.09 Å². The molecule has 38 heavy (non-hydrogen) atoms. The Kier molecular flexibility index (Phi) is 10.0. The number of nitrogens with zero attached hydrogens (tertiary/aromatic N) is 1. The lowest BCUT2D eigenvalue weighted by atomic mass is 9.98. The zero-order chi connectivity index (χ0) is 27.5. The van der Waals surface area contributed by atoms with E-state index in [-0.39, 0.29) is 19.0 Å². The quantitative estimate of drug-likeness (QED) is 0.0750. The Morgan fingerprint density at radius 1 is 0.921 bits per heavy atom. The maximum Gasteiger partial charge on any atom is 0.330 e. The summed E-state index contributed by atoms with van der Waals surface area (Å²) in [4.78, 5) is 39.1. The fourth-order valence-corrected chi connectivity index (χ4v) is 3.57. The van der Waals surface area contributed by atoms with Crippen LogP contribution in [0.3, 0.4) is 0 Å². The molecule has 0 bridgehead atoms. The molecule has 3 rings (SSSR count). The van der Waals surface area contributed by atoms with Gasteiger partial charge in [-0.05, 0) is 72.0 Å². The summed E-state index contributed by atoms with van der Waals surface area (Å²) in [5.41, 5.74) is 1.45. The van der Waals surface area contributed by atoms with Crippen molar-refractivity contribution in [1.82, 2.24) is 0 Å². The number of ether oxygens (including phenoxy) is 4. The molecular weight excluding hydrogens is 494 g/mol. The number of rotatable bonds is 13. The van der Waals surface area contributed by atoms with Crippen LogP contribution in [0.4, 0.5) is 0 Å². The van der Waals surface area contributed by atoms with Crippen molar-refractivity contribution >= 4 is 28.8 Å². The van der Waals surface area contributed by atoms with Crippen LogP contribution in [0.5, 0.6) is 17.2 Å². The van der Waals surface area contributed by atoms with E-state index >= 15 is 0 Å². The van der Waals surface area contributed by atoms with Crippen LogP contribution in [0.1, 0.15) is 36.8 Å². The minimum atomic E-state index is -0.862. The van der Waals surface area contributed by atoms with Crippen LogP contribution in [0.2, 0.25) is 0 Å². The second-order valence-electron chi connectivity index (χ2n) is 8.29. The number of benzene rings is 3. The maximum absolute atomic E-state index is 12.9. The van der Waals surface area contributed by atoms with Gasteiger partial charge in [0.15, 0.2) is 11.5 Å². The molecule has 0 heterocycles. The first-order valence-corrected chi connectivity index (χ1v) is 11.9. The number of unbranched alkanes of at least 4 members (excludes halogenated alkanes) is 1. The van der Waals surface area contributed by atoms with Gasteiger partial charge in [0.2, 0.25) is 0 Å². The highest BCUT2D eigenvalue weighted by atomic mass is 16.9. The molecule has 0 aromatic heterocycles. The minimum Gasteiger partial charge on any atom is -0.497 e. The summed E-state index contributed by atoms with van der Waals surface area (Å²) < 4.78 is 21.3. The minimum absolute atomic E-state index is 0.0478. The van der Waals surface area contributed by atoms with Crippen molar-refractivity contribution in [3.8, 4) is 17.2 Å². The fourth-order valence-electron chi connectivity index (χ4n) is 3.57. The van der Waals surface area contributed by atoms with E-state index in [0.29, 0.717) is 24.2 Å². The highest BCUT2D eigenvalue weighted by molar-refractivity contribution is 5.88. The highest BCUT2D eigenvalue weighted by Gasteiger charge is 2.20. The van der Waals surface area contributed by atoms with Gasteiger partial charge in [-0.25, -0.2) is 4.79 Å². The van der Waals surface area contributed by atoms with E-state index in [1.807, 2.05) is 36.4 Å². The molecule has 0 saturated heterocycles. The van der Waals surface area contributed by atoms with Gasteiger partial charge in [-0.2, -0.15) is 0 Å². The molecule has 0 aliphatic carbocycles. The third-order valence-corrected chi connectivity index (χ3v) is 5.71. The van der Waals surface area contributed by atoms with Crippen molar-refractivity contribution in [3.63, 3.8) is 0 Å². The smallest absolute Gasteiger partial charge is 0.330 e. The molecule has 3 aromatic rings. The molecule has 1 atom stereocenters. The van der Waals surface area contributed by atoms with Crippen LogP contribution >= 0.6 is 0 Å². The molecular formula is C28H29NO9. The van der Waals surface area contributed by atoms with Gasteiger partial charge in [-0.15, -0.1) is 10.1 Å². The standard InChI is InChI=1S/C28H29NO9/c1-19(21-8-9-23-18-24(34-2)11-10-22(23)17-21)28(31)38-25-12-6-20(16-26(25)35-3)7-13-27(30)36-14-4-5-15-37-29(32)33/h6-13,16-19H,4-5,14-15H2,1-3H3.